The van der Waals surface area contributed by atoms with E-state index in [0.717, 1.165) is 30.8 Å². The Hall–Kier alpha value is -0.700. The van der Waals surface area contributed by atoms with Crippen LogP contribution in [0, 0.1) is 0 Å². The van der Waals surface area contributed by atoms with E-state index in [-0.39, 0.29) is 15.5 Å². The van der Waals surface area contributed by atoms with Gasteiger partial charge in [0.25, 0.3) is 5.91 Å². The third kappa shape index (κ3) is 5.90. The molecule has 1 amide bonds. The van der Waals surface area contributed by atoms with Crippen LogP contribution in [0.2, 0.25) is 0 Å². The predicted molar refractivity (Wildman–Crippen MR) is 111 cm³/mol. The van der Waals surface area contributed by atoms with Crippen molar-refractivity contribution in [2.45, 2.75) is 48.2 Å². The van der Waals surface area contributed by atoms with E-state index in [2.05, 4.69) is 25.5 Å². The molecule has 146 valence electrons. The van der Waals surface area contributed by atoms with Gasteiger partial charge >= 0.3 is 0 Å². The fraction of sp³-hybridized carbons (Fsp3) is 0.611. The molecule has 1 fully saturated rings. The molecule has 0 radical (unpaired) electrons. The first-order valence-corrected chi connectivity index (χ1v) is 12.4. The highest BCUT2D eigenvalue weighted by Crippen LogP contribution is 2.26. The van der Waals surface area contributed by atoms with Crippen LogP contribution in [-0.2, 0) is 10.0 Å². The van der Waals surface area contributed by atoms with Crippen LogP contribution in [0.15, 0.2) is 28.0 Å². The Kier molecular flexibility index (Phi) is 7.47. The van der Waals surface area contributed by atoms with Crippen LogP contribution in [0.4, 0.5) is 0 Å². The maximum atomic E-state index is 12.8. The molecule has 0 unspecified atom stereocenters. The highest BCUT2D eigenvalue weighted by Gasteiger charge is 2.24. The van der Waals surface area contributed by atoms with Crippen LogP contribution in [0.25, 0.3) is 0 Å². The molecule has 1 aromatic carbocycles. The van der Waals surface area contributed by atoms with E-state index in [0.29, 0.717) is 17.9 Å². The molecule has 0 spiro atoms. The summed E-state index contributed by atoms with van der Waals surface area (Å²) in [6, 6.07) is 4.82. The predicted octanol–water partition coefficient (Wildman–Crippen LogP) is 3.45. The number of amides is 1. The number of thioether (sulfide) groups is 2. The summed E-state index contributed by atoms with van der Waals surface area (Å²) in [5, 5.41) is 0. The van der Waals surface area contributed by atoms with Crippen LogP contribution in [-0.4, -0.2) is 55.6 Å². The van der Waals surface area contributed by atoms with Crippen LogP contribution < -0.4 is 4.72 Å². The molecular formula is C18H28N2O3S3. The van der Waals surface area contributed by atoms with Crippen molar-refractivity contribution in [1.82, 2.24) is 9.62 Å². The van der Waals surface area contributed by atoms with Crippen molar-refractivity contribution < 1.29 is 13.2 Å². The Morgan fingerprint density at radius 3 is 2.46 bits per heavy atom. The molecule has 26 heavy (non-hydrogen) atoms. The molecule has 1 N–H and O–H groups in total. The number of likely N-dealkylation sites (tertiary alicyclic amines) is 1. The molecule has 8 heteroatoms. The van der Waals surface area contributed by atoms with Crippen LogP contribution in [0.3, 0.4) is 0 Å². The highest BCUT2D eigenvalue weighted by molar-refractivity contribution is 8.00. The van der Waals surface area contributed by atoms with E-state index in [1.807, 2.05) is 6.26 Å². The Bertz CT molecular complexity index is 737. The molecule has 0 aliphatic carbocycles. The van der Waals surface area contributed by atoms with E-state index < -0.39 is 10.0 Å². The number of rotatable bonds is 7. The number of nitrogens with zero attached hydrogens (tertiary/aromatic N) is 1. The monoisotopic (exact) mass is 416 g/mol. The minimum absolute atomic E-state index is 0.0767. The number of hydrogen-bond acceptors (Lipinski definition) is 5. The second-order valence-corrected chi connectivity index (χ2v) is 11.8. The Labute approximate surface area is 165 Å². The topological polar surface area (TPSA) is 66.5 Å². The summed E-state index contributed by atoms with van der Waals surface area (Å²) in [4.78, 5) is 15.5. The van der Waals surface area contributed by atoms with Gasteiger partial charge in [0.1, 0.15) is 0 Å². The fourth-order valence-corrected chi connectivity index (χ4v) is 5.30. The van der Waals surface area contributed by atoms with Crippen molar-refractivity contribution in [3.05, 3.63) is 23.8 Å². The van der Waals surface area contributed by atoms with Gasteiger partial charge in [0, 0.05) is 35.0 Å². The lowest BCUT2D eigenvalue weighted by molar-refractivity contribution is 0.0789. The van der Waals surface area contributed by atoms with Gasteiger partial charge in [-0.15, -0.1) is 11.8 Å². The third-order valence-electron chi connectivity index (χ3n) is 4.03. The van der Waals surface area contributed by atoms with Crippen LogP contribution in [0.1, 0.15) is 44.0 Å². The van der Waals surface area contributed by atoms with Gasteiger partial charge in [0.15, 0.2) is 0 Å². The molecule has 1 heterocycles. The largest absolute Gasteiger partial charge is 0.339 e. The molecule has 1 aliphatic rings. The van der Waals surface area contributed by atoms with Crippen LogP contribution >= 0.6 is 23.5 Å². The summed E-state index contributed by atoms with van der Waals surface area (Å²) >= 11 is 3.17. The van der Waals surface area contributed by atoms with Gasteiger partial charge in [-0.3, -0.25) is 4.79 Å². The Balaban J connectivity index is 2.15. The second kappa shape index (κ2) is 8.99. The smallest absolute Gasteiger partial charge is 0.255 e. The first-order chi connectivity index (χ1) is 12.1. The van der Waals surface area contributed by atoms with Crippen LogP contribution in [0.5, 0.6) is 0 Å². The normalized spacial score (nSPS) is 15.5. The van der Waals surface area contributed by atoms with Gasteiger partial charge in [-0.05, 0) is 37.3 Å². The van der Waals surface area contributed by atoms with E-state index in [1.54, 1.807) is 28.8 Å². The van der Waals surface area contributed by atoms with Crippen molar-refractivity contribution in [3.8, 4) is 0 Å². The van der Waals surface area contributed by atoms with Gasteiger partial charge in [0.2, 0.25) is 10.0 Å². The number of hydrogen-bond donors (Lipinski definition) is 1. The quantitative estimate of drug-likeness (QED) is 0.545. The maximum Gasteiger partial charge on any atom is 0.255 e. The molecule has 5 nitrogen and oxygen atoms in total. The molecular weight excluding hydrogens is 388 g/mol. The zero-order valence-corrected chi connectivity index (χ0v) is 18.3. The van der Waals surface area contributed by atoms with Crippen molar-refractivity contribution in [2.24, 2.45) is 0 Å². The zero-order chi connectivity index (χ0) is 19.4. The van der Waals surface area contributed by atoms with Gasteiger partial charge in [-0.25, -0.2) is 13.1 Å². The van der Waals surface area contributed by atoms with Gasteiger partial charge in [0.05, 0.1) is 10.5 Å². The first-order valence-electron chi connectivity index (χ1n) is 8.75. The molecule has 0 aromatic heterocycles. The van der Waals surface area contributed by atoms with E-state index in [1.165, 1.54) is 17.8 Å². The Morgan fingerprint density at radius 2 is 1.88 bits per heavy atom. The minimum Gasteiger partial charge on any atom is -0.339 e. The summed E-state index contributed by atoms with van der Waals surface area (Å²) in [5.41, 5.74) is 0.478. The summed E-state index contributed by atoms with van der Waals surface area (Å²) in [6.45, 7) is 8.15. The number of carbonyl (C=O) groups is 1. The molecule has 1 aromatic rings. The second-order valence-electron chi connectivity index (χ2n) is 7.22. The summed E-state index contributed by atoms with van der Waals surface area (Å²) in [5.74, 6) is 0.623. The molecule has 0 bridgehead atoms. The first kappa shape index (κ1) is 21.6. The Morgan fingerprint density at radius 1 is 1.23 bits per heavy atom. The number of sulfonamides is 1. The van der Waals surface area contributed by atoms with Crippen molar-refractivity contribution in [2.75, 3.05) is 31.6 Å². The highest BCUT2D eigenvalue weighted by atomic mass is 32.2. The lowest BCUT2D eigenvalue weighted by Gasteiger charge is -2.19. The SMILES string of the molecule is CSc1ccc(S(=O)(=O)NCCSC(C)(C)C)cc1C(=O)N1CCCC1. The number of carbonyl (C=O) groups excluding carboxylic acids is 1. The van der Waals surface area contributed by atoms with Crippen molar-refractivity contribution in [1.29, 1.82) is 0 Å². The average Bonchev–Trinajstić information content (AvgIpc) is 3.11. The molecule has 2 rings (SSSR count). The molecule has 0 atom stereocenters. The van der Waals surface area contributed by atoms with Crippen molar-refractivity contribution >= 4 is 39.5 Å². The standard InChI is InChI=1S/C18H28N2O3S3/c1-18(2,3)25-12-9-19-26(22,23)14-7-8-16(24-4)15(13-14)17(21)20-10-5-6-11-20/h7-8,13,19H,5-6,9-12H2,1-4H3. The maximum absolute atomic E-state index is 12.8. The van der Waals surface area contributed by atoms with E-state index >= 15 is 0 Å². The average molecular weight is 417 g/mol. The third-order valence-corrected chi connectivity index (χ3v) is 7.56. The van der Waals surface area contributed by atoms with Gasteiger partial charge in [-0.2, -0.15) is 11.8 Å². The fourth-order valence-electron chi connectivity index (χ4n) is 2.73. The van der Waals surface area contributed by atoms with Crippen molar-refractivity contribution in [3.63, 3.8) is 0 Å². The van der Waals surface area contributed by atoms with Gasteiger partial charge < -0.3 is 4.90 Å². The number of benzene rings is 1. The lowest BCUT2D eigenvalue weighted by atomic mass is 10.2. The molecule has 1 saturated heterocycles. The molecule has 1 aliphatic heterocycles. The van der Waals surface area contributed by atoms with Gasteiger partial charge in [-0.1, -0.05) is 20.8 Å². The van der Waals surface area contributed by atoms with E-state index in [4.69, 9.17) is 0 Å². The molecule has 0 saturated carbocycles. The minimum atomic E-state index is -3.63. The van der Waals surface area contributed by atoms with E-state index in [9.17, 15) is 13.2 Å². The summed E-state index contributed by atoms with van der Waals surface area (Å²) in [7, 11) is -3.63. The number of nitrogens with one attached hydrogen (secondary N) is 1. The summed E-state index contributed by atoms with van der Waals surface area (Å²) < 4.78 is 27.9. The lowest BCUT2D eigenvalue weighted by Crippen LogP contribution is -2.29. The zero-order valence-electron chi connectivity index (χ0n) is 15.9. The summed E-state index contributed by atoms with van der Waals surface area (Å²) in [6.07, 6.45) is 3.91.